The molecule has 1 aromatic heterocycles. The number of piperidine rings is 1. The molecule has 0 aromatic carbocycles. The number of carbonyl (C=O) groups excluding carboxylic acids is 1. The number of carbonyl (C=O) groups is 1. The molecule has 3 unspecified atom stereocenters. The summed E-state index contributed by atoms with van der Waals surface area (Å²) in [6.45, 7) is 0.925. The highest BCUT2D eigenvalue weighted by atomic mass is 32.1. The summed E-state index contributed by atoms with van der Waals surface area (Å²) in [6, 6.07) is 2.50. The molecule has 0 N–H and O–H groups in total. The first-order valence-electron chi connectivity index (χ1n) is 8.29. The van der Waals surface area contributed by atoms with Crippen molar-refractivity contribution in [3.05, 3.63) is 34.2 Å². The van der Waals surface area contributed by atoms with Gasteiger partial charge in [0.25, 0.3) is 5.91 Å². The minimum absolute atomic E-state index is 0.00957. The molecule has 0 bridgehead atoms. The molecule has 3 atom stereocenters. The smallest absolute Gasteiger partial charge is 0.254 e. The molecule has 4 nitrogen and oxygen atoms in total. The molecular formula is C17H21N3OS. The summed E-state index contributed by atoms with van der Waals surface area (Å²) in [5.41, 5.74) is 0.835. The monoisotopic (exact) mass is 315 g/mol. The highest BCUT2D eigenvalue weighted by molar-refractivity contribution is 7.10. The van der Waals surface area contributed by atoms with Crippen molar-refractivity contribution in [2.75, 3.05) is 6.54 Å². The van der Waals surface area contributed by atoms with Crippen LogP contribution in [0.2, 0.25) is 0 Å². The van der Waals surface area contributed by atoms with Crippen molar-refractivity contribution in [2.24, 2.45) is 16.1 Å². The zero-order chi connectivity index (χ0) is 14.9. The van der Waals surface area contributed by atoms with Crippen LogP contribution in [0.25, 0.3) is 0 Å². The molecule has 0 radical (unpaired) electrons. The lowest BCUT2D eigenvalue weighted by Gasteiger charge is -2.44. The Morgan fingerprint density at radius 1 is 1.23 bits per heavy atom. The fourth-order valence-corrected chi connectivity index (χ4v) is 4.98. The standard InChI is InChI=1S/C17H21N3OS/c21-17(13-10-16(22-11-13)14-7-8-18-19-14)20-9-3-5-12-4-1-2-6-15(12)20/h7-8,10-12,14-15H,1-6,9H2. The fourth-order valence-electron chi connectivity index (χ4n) is 4.08. The normalized spacial score (nSPS) is 30.5. The van der Waals surface area contributed by atoms with Crippen LogP contribution >= 0.6 is 11.3 Å². The number of thiophene rings is 1. The van der Waals surface area contributed by atoms with Gasteiger partial charge in [-0.25, -0.2) is 0 Å². The van der Waals surface area contributed by atoms with Crippen LogP contribution in [-0.4, -0.2) is 23.4 Å². The van der Waals surface area contributed by atoms with E-state index < -0.39 is 0 Å². The van der Waals surface area contributed by atoms with Gasteiger partial charge in [0.05, 0.1) is 5.56 Å². The van der Waals surface area contributed by atoms with E-state index in [0.717, 1.165) is 29.3 Å². The summed E-state index contributed by atoms with van der Waals surface area (Å²) in [6.07, 6.45) is 11.3. The van der Waals surface area contributed by atoms with Gasteiger partial charge in [0.15, 0.2) is 0 Å². The van der Waals surface area contributed by atoms with E-state index in [9.17, 15) is 4.79 Å². The van der Waals surface area contributed by atoms with Gasteiger partial charge < -0.3 is 4.90 Å². The molecule has 22 heavy (non-hydrogen) atoms. The summed E-state index contributed by atoms with van der Waals surface area (Å²) >= 11 is 1.62. The molecule has 3 aliphatic rings. The highest BCUT2D eigenvalue weighted by Crippen LogP contribution is 2.37. The van der Waals surface area contributed by atoms with Crippen molar-refractivity contribution in [1.29, 1.82) is 0 Å². The first kappa shape index (κ1) is 14.1. The number of likely N-dealkylation sites (tertiary alicyclic amines) is 1. The van der Waals surface area contributed by atoms with E-state index in [2.05, 4.69) is 15.1 Å². The second kappa shape index (κ2) is 5.95. The van der Waals surface area contributed by atoms with Crippen molar-refractivity contribution in [2.45, 2.75) is 50.6 Å². The van der Waals surface area contributed by atoms with Gasteiger partial charge >= 0.3 is 0 Å². The Balaban J connectivity index is 1.53. The first-order chi connectivity index (χ1) is 10.8. The fraction of sp³-hybridized carbons (Fsp3) is 0.588. The van der Waals surface area contributed by atoms with Crippen molar-refractivity contribution in [1.82, 2.24) is 4.90 Å². The summed E-state index contributed by atoms with van der Waals surface area (Å²) in [4.78, 5) is 16.2. The summed E-state index contributed by atoms with van der Waals surface area (Å²) in [5, 5.41) is 10.0. The maximum Gasteiger partial charge on any atom is 0.254 e. The van der Waals surface area contributed by atoms with Gasteiger partial charge in [-0.1, -0.05) is 12.8 Å². The minimum Gasteiger partial charge on any atom is -0.335 e. The van der Waals surface area contributed by atoms with Gasteiger partial charge in [0.2, 0.25) is 0 Å². The SMILES string of the molecule is O=C(c1csc(C2C=CN=N2)c1)N1CCCC2CCCCC21. The summed E-state index contributed by atoms with van der Waals surface area (Å²) in [7, 11) is 0. The van der Waals surface area contributed by atoms with E-state index in [1.807, 2.05) is 17.5 Å². The Bertz CT molecular complexity index is 607. The van der Waals surface area contributed by atoms with Crippen LogP contribution in [0.4, 0.5) is 0 Å². The highest BCUT2D eigenvalue weighted by Gasteiger charge is 2.36. The van der Waals surface area contributed by atoms with E-state index in [-0.39, 0.29) is 11.9 Å². The quantitative estimate of drug-likeness (QED) is 0.789. The molecule has 1 aliphatic carbocycles. The number of rotatable bonds is 2. The molecule has 1 saturated heterocycles. The second-order valence-corrected chi connectivity index (χ2v) is 7.45. The third-order valence-electron chi connectivity index (χ3n) is 5.19. The van der Waals surface area contributed by atoms with Crippen molar-refractivity contribution >= 4 is 17.2 Å². The van der Waals surface area contributed by atoms with Crippen LogP contribution in [0.5, 0.6) is 0 Å². The minimum atomic E-state index is 0.00957. The number of fused-ring (bicyclic) bond motifs is 1. The molecule has 116 valence electrons. The third kappa shape index (κ3) is 2.51. The molecule has 4 rings (SSSR count). The van der Waals surface area contributed by atoms with Crippen LogP contribution in [0, 0.1) is 5.92 Å². The first-order valence-corrected chi connectivity index (χ1v) is 9.17. The van der Waals surface area contributed by atoms with Gasteiger partial charge in [-0.2, -0.15) is 10.2 Å². The molecule has 3 heterocycles. The average molecular weight is 315 g/mol. The average Bonchev–Trinajstić information content (AvgIpc) is 3.24. The predicted molar refractivity (Wildman–Crippen MR) is 87.1 cm³/mol. The van der Waals surface area contributed by atoms with Gasteiger partial charge in [-0.15, -0.1) is 11.3 Å². The van der Waals surface area contributed by atoms with Crippen molar-refractivity contribution < 1.29 is 4.79 Å². The van der Waals surface area contributed by atoms with Gasteiger partial charge in [-0.05, 0) is 43.7 Å². The third-order valence-corrected chi connectivity index (χ3v) is 6.19. The summed E-state index contributed by atoms with van der Waals surface area (Å²) in [5.74, 6) is 0.953. The number of hydrogen-bond donors (Lipinski definition) is 0. The Labute approximate surface area is 134 Å². The predicted octanol–water partition coefficient (Wildman–Crippen LogP) is 4.56. The molecule has 0 spiro atoms. The molecule has 2 aliphatic heterocycles. The number of azo groups is 1. The van der Waals surface area contributed by atoms with Crippen molar-refractivity contribution in [3.63, 3.8) is 0 Å². The molecule has 5 heteroatoms. The molecule has 1 amide bonds. The van der Waals surface area contributed by atoms with Crippen LogP contribution in [0.3, 0.4) is 0 Å². The Morgan fingerprint density at radius 2 is 2.09 bits per heavy atom. The van der Waals surface area contributed by atoms with Crippen molar-refractivity contribution in [3.8, 4) is 0 Å². The lowest BCUT2D eigenvalue weighted by molar-refractivity contribution is 0.0391. The number of nitrogens with zero attached hydrogens (tertiary/aromatic N) is 3. The maximum atomic E-state index is 12.9. The van der Waals surface area contributed by atoms with Gasteiger partial charge in [-0.3, -0.25) is 4.79 Å². The van der Waals surface area contributed by atoms with Crippen LogP contribution < -0.4 is 0 Å². The number of amides is 1. The molecule has 1 aromatic rings. The van der Waals surface area contributed by atoms with Crippen LogP contribution in [0.1, 0.15) is 59.8 Å². The Kier molecular flexibility index (Phi) is 3.82. The van der Waals surface area contributed by atoms with E-state index in [4.69, 9.17) is 0 Å². The second-order valence-electron chi connectivity index (χ2n) is 6.51. The van der Waals surface area contributed by atoms with E-state index in [0.29, 0.717) is 6.04 Å². The van der Waals surface area contributed by atoms with Gasteiger partial charge in [0, 0.05) is 29.0 Å². The Morgan fingerprint density at radius 3 is 2.95 bits per heavy atom. The van der Waals surface area contributed by atoms with Crippen LogP contribution in [0.15, 0.2) is 34.0 Å². The Hall–Kier alpha value is -1.49. The van der Waals surface area contributed by atoms with E-state index in [1.165, 1.54) is 32.1 Å². The zero-order valence-electron chi connectivity index (χ0n) is 12.6. The maximum absolute atomic E-state index is 12.9. The topological polar surface area (TPSA) is 45.0 Å². The molecular weight excluding hydrogens is 294 g/mol. The lowest BCUT2D eigenvalue weighted by Crippen LogP contribution is -2.49. The largest absolute Gasteiger partial charge is 0.335 e. The molecule has 1 saturated carbocycles. The lowest BCUT2D eigenvalue weighted by atomic mass is 9.78. The molecule has 2 fully saturated rings. The number of hydrogen-bond acceptors (Lipinski definition) is 4. The van der Waals surface area contributed by atoms with E-state index in [1.54, 1.807) is 17.5 Å². The zero-order valence-corrected chi connectivity index (χ0v) is 13.5. The van der Waals surface area contributed by atoms with Crippen LogP contribution in [-0.2, 0) is 0 Å². The van der Waals surface area contributed by atoms with E-state index >= 15 is 0 Å². The summed E-state index contributed by atoms with van der Waals surface area (Å²) < 4.78 is 0. The van der Waals surface area contributed by atoms with Gasteiger partial charge in [0.1, 0.15) is 6.04 Å².